The van der Waals surface area contributed by atoms with E-state index >= 15 is 0 Å². The predicted octanol–water partition coefficient (Wildman–Crippen LogP) is 3.35. The highest BCUT2D eigenvalue weighted by molar-refractivity contribution is 4.84. The van der Waals surface area contributed by atoms with Crippen molar-refractivity contribution in [2.75, 3.05) is 32.8 Å². The van der Waals surface area contributed by atoms with Crippen LogP contribution in [0.5, 0.6) is 0 Å². The van der Waals surface area contributed by atoms with Crippen molar-refractivity contribution in [1.29, 1.82) is 0 Å². The molecule has 120 valence electrons. The number of allylic oxidation sites excluding steroid dienone is 1. The van der Waals surface area contributed by atoms with Crippen molar-refractivity contribution < 1.29 is 9.57 Å². The van der Waals surface area contributed by atoms with Gasteiger partial charge >= 0.3 is 0 Å². The molecule has 1 heterocycles. The van der Waals surface area contributed by atoms with Gasteiger partial charge in [0.2, 0.25) is 0 Å². The fourth-order valence-corrected chi connectivity index (χ4v) is 2.00. The lowest BCUT2D eigenvalue weighted by atomic mass is 10.1. The monoisotopic (exact) mass is 286 g/mol. The molecule has 1 saturated heterocycles. The van der Waals surface area contributed by atoms with Crippen LogP contribution in [0, 0.1) is 0 Å². The van der Waals surface area contributed by atoms with Crippen LogP contribution in [0.3, 0.4) is 0 Å². The minimum absolute atomic E-state index is 0.450. The van der Waals surface area contributed by atoms with E-state index in [2.05, 4.69) is 23.9 Å². The van der Waals surface area contributed by atoms with Crippen LogP contribution in [0.1, 0.15) is 53.4 Å². The van der Waals surface area contributed by atoms with Gasteiger partial charge in [0, 0.05) is 25.4 Å². The number of piperidine rings is 1. The number of nitrogens with one attached hydrogen (secondary N) is 1. The summed E-state index contributed by atoms with van der Waals surface area (Å²) in [5.41, 5.74) is 3.75. The lowest BCUT2D eigenvalue weighted by Gasteiger charge is -2.30. The van der Waals surface area contributed by atoms with Gasteiger partial charge in [-0.1, -0.05) is 34.3 Å². The lowest BCUT2D eigenvalue weighted by molar-refractivity contribution is -0.0107. The maximum Gasteiger partial charge on any atom is 0.0767 e. The first-order chi connectivity index (χ1) is 9.76. The zero-order valence-electron chi connectivity index (χ0n) is 13.9. The number of nitrogens with zero attached hydrogens (tertiary/aromatic N) is 1. The molecule has 20 heavy (non-hydrogen) atoms. The number of hydrogen-bond donors (Lipinski definition) is 1. The van der Waals surface area contributed by atoms with Crippen molar-refractivity contribution >= 4 is 0 Å². The SMILES string of the molecule is C=C(CC)NOCCCOC1CCN(CC)CC1.CC. The molecule has 0 atom stereocenters. The summed E-state index contributed by atoms with van der Waals surface area (Å²) in [6.07, 6.45) is 4.61. The Hall–Kier alpha value is -0.580. The van der Waals surface area contributed by atoms with Crippen LogP contribution in [0.25, 0.3) is 0 Å². The largest absolute Gasteiger partial charge is 0.378 e. The molecule has 0 unspecified atom stereocenters. The van der Waals surface area contributed by atoms with E-state index in [9.17, 15) is 0 Å². The number of ether oxygens (including phenoxy) is 1. The zero-order chi connectivity index (χ0) is 15.2. The van der Waals surface area contributed by atoms with E-state index in [1.165, 1.54) is 25.9 Å². The van der Waals surface area contributed by atoms with Crippen molar-refractivity contribution in [2.45, 2.75) is 59.5 Å². The molecular weight excluding hydrogens is 252 g/mol. The molecule has 0 bridgehead atoms. The van der Waals surface area contributed by atoms with Crippen molar-refractivity contribution in [2.24, 2.45) is 0 Å². The molecule has 0 saturated carbocycles. The Morgan fingerprint density at radius 3 is 2.40 bits per heavy atom. The van der Waals surface area contributed by atoms with E-state index in [1.54, 1.807) is 0 Å². The molecule has 0 spiro atoms. The second-order valence-electron chi connectivity index (χ2n) is 4.77. The fourth-order valence-electron chi connectivity index (χ4n) is 2.00. The van der Waals surface area contributed by atoms with E-state index in [0.29, 0.717) is 12.7 Å². The maximum atomic E-state index is 5.85. The molecule has 1 aliphatic heterocycles. The van der Waals surface area contributed by atoms with Crippen LogP contribution >= 0.6 is 0 Å². The summed E-state index contributed by atoms with van der Waals surface area (Å²) in [7, 11) is 0. The average Bonchev–Trinajstić information content (AvgIpc) is 2.53. The fraction of sp³-hybridized carbons (Fsp3) is 0.875. The van der Waals surface area contributed by atoms with Gasteiger partial charge in [-0.3, -0.25) is 10.3 Å². The van der Waals surface area contributed by atoms with Crippen LogP contribution in [0.15, 0.2) is 12.3 Å². The van der Waals surface area contributed by atoms with E-state index in [1.807, 2.05) is 20.8 Å². The van der Waals surface area contributed by atoms with E-state index in [4.69, 9.17) is 9.57 Å². The lowest BCUT2D eigenvalue weighted by Crippen LogP contribution is -2.36. The van der Waals surface area contributed by atoms with Crippen LogP contribution in [-0.4, -0.2) is 43.9 Å². The maximum absolute atomic E-state index is 5.85. The Morgan fingerprint density at radius 2 is 1.85 bits per heavy atom. The molecule has 4 heteroatoms. The summed E-state index contributed by atoms with van der Waals surface area (Å²) >= 11 is 0. The van der Waals surface area contributed by atoms with Crippen LogP contribution in [0.2, 0.25) is 0 Å². The molecule has 0 aromatic carbocycles. The van der Waals surface area contributed by atoms with Crippen molar-refractivity contribution in [3.63, 3.8) is 0 Å². The quantitative estimate of drug-likeness (QED) is 0.520. The highest BCUT2D eigenvalue weighted by Crippen LogP contribution is 2.13. The molecule has 0 aromatic rings. The van der Waals surface area contributed by atoms with E-state index in [0.717, 1.165) is 31.7 Å². The number of hydrogen-bond acceptors (Lipinski definition) is 4. The number of hydroxylamine groups is 1. The summed E-state index contributed by atoms with van der Waals surface area (Å²) in [5, 5.41) is 0. The van der Waals surface area contributed by atoms with E-state index < -0.39 is 0 Å². The topological polar surface area (TPSA) is 33.7 Å². The third-order valence-corrected chi connectivity index (χ3v) is 3.37. The minimum atomic E-state index is 0.450. The summed E-state index contributed by atoms with van der Waals surface area (Å²) < 4.78 is 5.85. The standard InChI is InChI=1S/C14H28N2O2.C2H6/c1-4-13(3)15-18-12-6-11-17-14-7-9-16(5-2)10-8-14;1-2/h14-15H,3-12H2,1-2H3;1-2H3. The third-order valence-electron chi connectivity index (χ3n) is 3.37. The molecule has 0 radical (unpaired) electrons. The number of rotatable bonds is 9. The molecular formula is C16H34N2O2. The Balaban J connectivity index is 0.00000172. The van der Waals surface area contributed by atoms with Gasteiger partial charge in [0.1, 0.15) is 0 Å². The third kappa shape index (κ3) is 9.34. The highest BCUT2D eigenvalue weighted by Gasteiger charge is 2.17. The summed E-state index contributed by atoms with van der Waals surface area (Å²) in [5.74, 6) is 0. The van der Waals surface area contributed by atoms with Gasteiger partial charge in [-0.25, -0.2) is 0 Å². The van der Waals surface area contributed by atoms with Crippen molar-refractivity contribution in [3.05, 3.63) is 12.3 Å². The van der Waals surface area contributed by atoms with Gasteiger partial charge < -0.3 is 9.64 Å². The number of likely N-dealkylation sites (tertiary alicyclic amines) is 1. The summed E-state index contributed by atoms with van der Waals surface area (Å²) in [6.45, 7) is 17.0. The van der Waals surface area contributed by atoms with Gasteiger partial charge in [0.05, 0.1) is 12.7 Å². The molecule has 1 N–H and O–H groups in total. The van der Waals surface area contributed by atoms with Gasteiger partial charge in [0.15, 0.2) is 0 Å². The Morgan fingerprint density at radius 1 is 1.20 bits per heavy atom. The van der Waals surface area contributed by atoms with Crippen LogP contribution in [-0.2, 0) is 9.57 Å². The Kier molecular flexibility index (Phi) is 13.0. The van der Waals surface area contributed by atoms with Gasteiger partial charge in [0.25, 0.3) is 0 Å². The van der Waals surface area contributed by atoms with Gasteiger partial charge in [-0.2, -0.15) is 0 Å². The minimum Gasteiger partial charge on any atom is -0.378 e. The van der Waals surface area contributed by atoms with Crippen molar-refractivity contribution in [1.82, 2.24) is 10.4 Å². The molecule has 1 rings (SSSR count). The first-order valence-electron chi connectivity index (χ1n) is 8.15. The molecule has 0 aliphatic carbocycles. The smallest absolute Gasteiger partial charge is 0.0767 e. The molecule has 1 aliphatic rings. The van der Waals surface area contributed by atoms with Gasteiger partial charge in [-0.05, 0) is 32.2 Å². The first kappa shape index (κ1) is 19.4. The Labute approximate surface area is 125 Å². The van der Waals surface area contributed by atoms with Crippen molar-refractivity contribution in [3.8, 4) is 0 Å². The molecule has 4 nitrogen and oxygen atoms in total. The normalized spacial score (nSPS) is 16.4. The highest BCUT2D eigenvalue weighted by atomic mass is 16.6. The summed E-state index contributed by atoms with van der Waals surface area (Å²) in [6, 6.07) is 0. The van der Waals surface area contributed by atoms with E-state index in [-0.39, 0.29) is 0 Å². The first-order valence-corrected chi connectivity index (χ1v) is 8.15. The summed E-state index contributed by atoms with van der Waals surface area (Å²) in [4.78, 5) is 7.75. The molecule has 0 amide bonds. The molecule has 1 fully saturated rings. The predicted molar refractivity (Wildman–Crippen MR) is 85.6 cm³/mol. The molecule has 0 aromatic heterocycles. The zero-order valence-corrected chi connectivity index (χ0v) is 13.9. The average molecular weight is 286 g/mol. The van der Waals surface area contributed by atoms with Crippen LogP contribution < -0.4 is 5.48 Å². The Bertz CT molecular complexity index is 227. The van der Waals surface area contributed by atoms with Gasteiger partial charge in [-0.15, -0.1) is 0 Å². The van der Waals surface area contributed by atoms with Crippen LogP contribution in [0.4, 0.5) is 0 Å². The second-order valence-corrected chi connectivity index (χ2v) is 4.77. The second kappa shape index (κ2) is 13.4.